The molecule has 2 heterocycles. The van der Waals surface area contributed by atoms with Gasteiger partial charge in [0, 0.05) is 25.7 Å². The number of likely N-dealkylation sites (tertiary alicyclic amines) is 1. The van der Waals surface area contributed by atoms with E-state index in [1.165, 1.54) is 12.0 Å². The van der Waals surface area contributed by atoms with E-state index in [1.54, 1.807) is 10.7 Å². The summed E-state index contributed by atoms with van der Waals surface area (Å²) in [6.07, 6.45) is 2.22. The van der Waals surface area contributed by atoms with Crippen LogP contribution in [0.5, 0.6) is 0 Å². The molecule has 1 amide bonds. The molecule has 1 aliphatic rings. The van der Waals surface area contributed by atoms with Gasteiger partial charge in [-0.05, 0) is 37.8 Å². The fourth-order valence-corrected chi connectivity index (χ4v) is 3.43. The van der Waals surface area contributed by atoms with Gasteiger partial charge in [0.1, 0.15) is 12.4 Å². The van der Waals surface area contributed by atoms with Crippen molar-refractivity contribution < 1.29 is 4.79 Å². The van der Waals surface area contributed by atoms with Crippen molar-refractivity contribution in [2.24, 2.45) is 5.92 Å². The number of nitrogens with zero attached hydrogens (tertiary/aromatic N) is 3. The number of carbonyl (C=O) groups excluding carboxylic acids is 1. The van der Waals surface area contributed by atoms with Crippen LogP contribution in [0.25, 0.3) is 0 Å². The highest BCUT2D eigenvalue weighted by Crippen LogP contribution is 2.21. The Balaban J connectivity index is 1.35. The second kappa shape index (κ2) is 8.16. The van der Waals surface area contributed by atoms with Gasteiger partial charge >= 0.3 is 0 Å². The summed E-state index contributed by atoms with van der Waals surface area (Å²) in [7, 11) is 0. The number of hydrogen-bond acceptors (Lipinski definition) is 4. The first-order chi connectivity index (χ1) is 12.1. The zero-order chi connectivity index (χ0) is 17.6. The first kappa shape index (κ1) is 17.5. The number of aryl methyl sites for hydroxylation is 1. The maximum atomic E-state index is 12.0. The van der Waals surface area contributed by atoms with Crippen LogP contribution in [0.15, 0.2) is 36.4 Å². The zero-order valence-corrected chi connectivity index (χ0v) is 14.8. The predicted octanol–water partition coefficient (Wildman–Crippen LogP) is 1.80. The minimum Gasteiger partial charge on any atom is -0.384 e. The van der Waals surface area contributed by atoms with Crippen LogP contribution in [0.4, 0.5) is 5.82 Å². The Hall–Kier alpha value is -2.34. The Morgan fingerprint density at radius 2 is 2.16 bits per heavy atom. The van der Waals surface area contributed by atoms with Crippen molar-refractivity contribution in [1.29, 1.82) is 0 Å². The van der Waals surface area contributed by atoms with Crippen LogP contribution in [-0.2, 0) is 17.9 Å². The lowest BCUT2D eigenvalue weighted by molar-refractivity contribution is -0.121. The molecule has 1 unspecified atom stereocenters. The lowest BCUT2D eigenvalue weighted by Crippen LogP contribution is -2.30. The molecule has 25 heavy (non-hydrogen) atoms. The molecule has 6 nitrogen and oxygen atoms in total. The summed E-state index contributed by atoms with van der Waals surface area (Å²) in [5.41, 5.74) is 8.00. The van der Waals surface area contributed by atoms with Gasteiger partial charge in [0.2, 0.25) is 5.91 Å². The third kappa shape index (κ3) is 5.06. The Morgan fingerprint density at radius 3 is 2.88 bits per heavy atom. The van der Waals surface area contributed by atoms with Gasteiger partial charge in [-0.1, -0.05) is 30.3 Å². The van der Waals surface area contributed by atoms with Gasteiger partial charge in [0.05, 0.1) is 5.69 Å². The molecule has 6 heteroatoms. The van der Waals surface area contributed by atoms with Crippen LogP contribution in [0, 0.1) is 12.8 Å². The van der Waals surface area contributed by atoms with Crippen molar-refractivity contribution in [2.45, 2.75) is 32.9 Å². The Morgan fingerprint density at radius 1 is 1.36 bits per heavy atom. The summed E-state index contributed by atoms with van der Waals surface area (Å²) in [6.45, 7) is 6.02. The number of hydrogen-bond donors (Lipinski definition) is 2. The van der Waals surface area contributed by atoms with E-state index in [0.717, 1.165) is 31.7 Å². The average molecular weight is 341 g/mol. The lowest BCUT2D eigenvalue weighted by atomic mass is 10.1. The SMILES string of the molecule is Cc1cc(N)n(CC(=O)NCCC2CCN(Cc3ccccc3)C2)n1. The molecule has 3 N–H and O–H groups in total. The highest BCUT2D eigenvalue weighted by molar-refractivity contribution is 5.76. The molecule has 134 valence electrons. The average Bonchev–Trinajstić information content (AvgIpc) is 3.14. The maximum absolute atomic E-state index is 12.0. The van der Waals surface area contributed by atoms with Crippen LogP contribution in [0.1, 0.15) is 24.1 Å². The monoisotopic (exact) mass is 341 g/mol. The Bertz CT molecular complexity index is 697. The van der Waals surface area contributed by atoms with Crippen molar-refractivity contribution in [3.63, 3.8) is 0 Å². The number of aromatic nitrogens is 2. The largest absolute Gasteiger partial charge is 0.384 e. The third-order valence-electron chi connectivity index (χ3n) is 4.72. The van der Waals surface area contributed by atoms with E-state index in [9.17, 15) is 4.79 Å². The molecule has 1 aliphatic heterocycles. The number of anilines is 1. The number of carbonyl (C=O) groups is 1. The molecule has 1 atom stereocenters. The fraction of sp³-hybridized carbons (Fsp3) is 0.474. The quantitative estimate of drug-likeness (QED) is 0.805. The van der Waals surface area contributed by atoms with E-state index < -0.39 is 0 Å². The molecule has 1 aromatic heterocycles. The fourth-order valence-electron chi connectivity index (χ4n) is 3.43. The number of nitrogens with two attached hydrogens (primary N) is 1. The lowest BCUT2D eigenvalue weighted by Gasteiger charge is -2.16. The number of nitrogens with one attached hydrogen (secondary N) is 1. The molecular weight excluding hydrogens is 314 g/mol. The van der Waals surface area contributed by atoms with E-state index in [2.05, 4.69) is 45.6 Å². The molecule has 1 aromatic carbocycles. The molecule has 3 rings (SSSR count). The molecule has 0 aliphatic carbocycles. The van der Waals surface area contributed by atoms with Gasteiger partial charge in [0.15, 0.2) is 0 Å². The van der Waals surface area contributed by atoms with Crippen LogP contribution in [0.3, 0.4) is 0 Å². The minimum absolute atomic E-state index is 0.0334. The molecule has 0 saturated carbocycles. The number of benzene rings is 1. The smallest absolute Gasteiger partial charge is 0.241 e. The summed E-state index contributed by atoms with van der Waals surface area (Å²) in [5, 5.41) is 7.19. The van der Waals surface area contributed by atoms with Gasteiger partial charge in [-0.2, -0.15) is 5.10 Å². The summed E-state index contributed by atoms with van der Waals surface area (Å²) in [5.74, 6) is 1.15. The van der Waals surface area contributed by atoms with E-state index in [0.29, 0.717) is 18.3 Å². The van der Waals surface area contributed by atoms with Crippen LogP contribution in [0.2, 0.25) is 0 Å². The Labute approximate surface area is 149 Å². The summed E-state index contributed by atoms with van der Waals surface area (Å²) >= 11 is 0. The normalized spacial score (nSPS) is 17.7. The van der Waals surface area contributed by atoms with E-state index in [4.69, 9.17) is 5.73 Å². The van der Waals surface area contributed by atoms with Crippen LogP contribution in [-0.4, -0.2) is 40.2 Å². The van der Waals surface area contributed by atoms with Gasteiger partial charge in [0.25, 0.3) is 0 Å². The summed E-state index contributed by atoms with van der Waals surface area (Å²) < 4.78 is 1.54. The topological polar surface area (TPSA) is 76.2 Å². The molecule has 0 bridgehead atoms. The molecule has 0 radical (unpaired) electrons. The predicted molar refractivity (Wildman–Crippen MR) is 98.8 cm³/mol. The van der Waals surface area contributed by atoms with Crippen molar-refractivity contribution >= 4 is 11.7 Å². The summed E-state index contributed by atoms with van der Waals surface area (Å²) in [4.78, 5) is 14.5. The molecule has 2 aromatic rings. The van der Waals surface area contributed by atoms with Crippen molar-refractivity contribution in [1.82, 2.24) is 20.0 Å². The third-order valence-corrected chi connectivity index (χ3v) is 4.72. The van der Waals surface area contributed by atoms with Crippen LogP contribution >= 0.6 is 0 Å². The van der Waals surface area contributed by atoms with E-state index in [1.807, 2.05) is 6.92 Å². The van der Waals surface area contributed by atoms with Gasteiger partial charge in [-0.3, -0.25) is 9.69 Å². The second-order valence-electron chi connectivity index (χ2n) is 6.88. The van der Waals surface area contributed by atoms with Crippen molar-refractivity contribution in [3.05, 3.63) is 47.7 Å². The maximum Gasteiger partial charge on any atom is 0.241 e. The number of rotatable bonds is 7. The molecular formula is C19H27N5O. The van der Waals surface area contributed by atoms with E-state index in [-0.39, 0.29) is 12.5 Å². The minimum atomic E-state index is -0.0334. The summed E-state index contributed by atoms with van der Waals surface area (Å²) in [6, 6.07) is 12.4. The second-order valence-corrected chi connectivity index (χ2v) is 6.88. The standard InChI is InChI=1S/C19H27N5O/c1-15-11-18(20)24(22-15)14-19(25)21-9-7-17-8-10-23(13-17)12-16-5-3-2-4-6-16/h2-6,11,17H,7-10,12-14,20H2,1H3,(H,21,25). The van der Waals surface area contributed by atoms with Gasteiger partial charge < -0.3 is 11.1 Å². The zero-order valence-electron chi connectivity index (χ0n) is 14.8. The molecule has 1 saturated heterocycles. The van der Waals surface area contributed by atoms with E-state index >= 15 is 0 Å². The molecule has 0 spiro atoms. The highest BCUT2D eigenvalue weighted by Gasteiger charge is 2.22. The molecule has 1 fully saturated rings. The first-order valence-corrected chi connectivity index (χ1v) is 8.93. The van der Waals surface area contributed by atoms with Crippen molar-refractivity contribution in [2.75, 3.05) is 25.4 Å². The highest BCUT2D eigenvalue weighted by atomic mass is 16.2. The van der Waals surface area contributed by atoms with Crippen molar-refractivity contribution in [3.8, 4) is 0 Å². The van der Waals surface area contributed by atoms with Gasteiger partial charge in [-0.15, -0.1) is 0 Å². The Kier molecular flexibility index (Phi) is 5.71. The van der Waals surface area contributed by atoms with Crippen LogP contribution < -0.4 is 11.1 Å². The number of nitrogen functional groups attached to an aromatic ring is 1. The van der Waals surface area contributed by atoms with Gasteiger partial charge in [-0.25, -0.2) is 4.68 Å². The number of amides is 1. The first-order valence-electron chi connectivity index (χ1n) is 8.93.